The van der Waals surface area contributed by atoms with E-state index in [9.17, 15) is 0 Å². The van der Waals surface area contributed by atoms with Crippen molar-refractivity contribution in [1.29, 1.82) is 0 Å². The van der Waals surface area contributed by atoms with Gasteiger partial charge >= 0.3 is 0 Å². The fraction of sp³-hybridized carbons (Fsp3) is 0.154. The summed E-state index contributed by atoms with van der Waals surface area (Å²) in [5.41, 5.74) is 10.4. The van der Waals surface area contributed by atoms with Gasteiger partial charge in [0.15, 0.2) is 0 Å². The van der Waals surface area contributed by atoms with E-state index in [-0.39, 0.29) is 0 Å². The van der Waals surface area contributed by atoms with E-state index in [0.29, 0.717) is 0 Å². The number of hydrogen-bond acceptors (Lipinski definition) is 2. The Morgan fingerprint density at radius 3 is 2.60 bits per heavy atom. The third-order valence-corrected chi connectivity index (χ3v) is 2.44. The van der Waals surface area contributed by atoms with Crippen molar-refractivity contribution in [3.63, 3.8) is 0 Å². The monoisotopic (exact) mass is 198 g/mol. The Balaban J connectivity index is 2.28. The van der Waals surface area contributed by atoms with Crippen molar-refractivity contribution >= 4 is 5.69 Å². The quantitative estimate of drug-likeness (QED) is 0.753. The van der Waals surface area contributed by atoms with E-state index in [0.717, 1.165) is 12.1 Å². The average molecular weight is 198 g/mol. The maximum absolute atomic E-state index is 5.92. The second-order valence-electron chi connectivity index (χ2n) is 3.73. The van der Waals surface area contributed by atoms with Crippen molar-refractivity contribution in [2.24, 2.45) is 0 Å². The van der Waals surface area contributed by atoms with Gasteiger partial charge in [0.2, 0.25) is 0 Å². The molecule has 0 amide bonds. The Labute approximate surface area is 89.8 Å². The van der Waals surface area contributed by atoms with Gasteiger partial charge in [-0.1, -0.05) is 17.7 Å². The summed E-state index contributed by atoms with van der Waals surface area (Å²) in [7, 11) is 0. The second kappa shape index (κ2) is 4.13. The molecule has 2 nitrogen and oxygen atoms in total. The van der Waals surface area contributed by atoms with Gasteiger partial charge in [-0.05, 0) is 42.7 Å². The number of pyridine rings is 1. The van der Waals surface area contributed by atoms with Crippen LogP contribution in [0.3, 0.4) is 0 Å². The number of hydrogen-bond donors (Lipinski definition) is 1. The molecule has 0 radical (unpaired) electrons. The SMILES string of the molecule is Cc1ccc(N)c(Cc2ccncc2)c1. The first-order chi connectivity index (χ1) is 7.25. The minimum atomic E-state index is 0.859. The number of benzene rings is 1. The smallest absolute Gasteiger partial charge is 0.0350 e. The van der Waals surface area contributed by atoms with E-state index in [2.05, 4.69) is 18.0 Å². The summed E-state index contributed by atoms with van der Waals surface area (Å²) in [5, 5.41) is 0. The maximum Gasteiger partial charge on any atom is 0.0350 e. The first-order valence-electron chi connectivity index (χ1n) is 4.99. The molecule has 0 fully saturated rings. The molecule has 0 bridgehead atoms. The zero-order valence-corrected chi connectivity index (χ0v) is 8.77. The molecular formula is C13H14N2. The molecule has 0 spiro atoms. The summed E-state index contributed by atoms with van der Waals surface area (Å²) in [4.78, 5) is 4.00. The Bertz CT molecular complexity index is 449. The van der Waals surface area contributed by atoms with Gasteiger partial charge < -0.3 is 5.73 Å². The van der Waals surface area contributed by atoms with Gasteiger partial charge in [0, 0.05) is 18.1 Å². The van der Waals surface area contributed by atoms with E-state index in [1.54, 1.807) is 12.4 Å². The van der Waals surface area contributed by atoms with E-state index in [1.807, 2.05) is 24.3 Å². The molecule has 2 rings (SSSR count). The first kappa shape index (κ1) is 9.71. The molecule has 76 valence electrons. The highest BCUT2D eigenvalue weighted by Crippen LogP contribution is 2.17. The van der Waals surface area contributed by atoms with Crippen molar-refractivity contribution < 1.29 is 0 Å². The Hall–Kier alpha value is -1.83. The first-order valence-corrected chi connectivity index (χ1v) is 4.99. The van der Waals surface area contributed by atoms with Crippen molar-refractivity contribution in [1.82, 2.24) is 4.98 Å². The summed E-state index contributed by atoms with van der Waals surface area (Å²) in [6.07, 6.45) is 4.48. The van der Waals surface area contributed by atoms with Crippen LogP contribution in [0.25, 0.3) is 0 Å². The van der Waals surface area contributed by atoms with Crippen LogP contribution in [0.1, 0.15) is 16.7 Å². The lowest BCUT2D eigenvalue weighted by Gasteiger charge is -2.06. The van der Waals surface area contributed by atoms with Crippen molar-refractivity contribution in [3.8, 4) is 0 Å². The van der Waals surface area contributed by atoms with Gasteiger partial charge in [-0.3, -0.25) is 4.98 Å². The summed E-state index contributed by atoms with van der Waals surface area (Å²) in [6.45, 7) is 2.08. The van der Waals surface area contributed by atoms with Crippen LogP contribution in [-0.2, 0) is 6.42 Å². The number of aromatic nitrogens is 1. The highest BCUT2D eigenvalue weighted by Gasteiger charge is 2.00. The van der Waals surface area contributed by atoms with Gasteiger partial charge in [0.05, 0.1) is 0 Å². The summed E-state index contributed by atoms with van der Waals surface area (Å²) < 4.78 is 0. The number of aryl methyl sites for hydroxylation is 1. The van der Waals surface area contributed by atoms with Gasteiger partial charge in [-0.15, -0.1) is 0 Å². The minimum Gasteiger partial charge on any atom is -0.398 e. The Kier molecular flexibility index (Phi) is 2.68. The van der Waals surface area contributed by atoms with Crippen LogP contribution in [0, 0.1) is 6.92 Å². The van der Waals surface area contributed by atoms with Crippen LogP contribution < -0.4 is 5.73 Å². The lowest BCUT2D eigenvalue weighted by atomic mass is 10.0. The lowest BCUT2D eigenvalue weighted by Crippen LogP contribution is -1.96. The van der Waals surface area contributed by atoms with Crippen LogP contribution in [0.2, 0.25) is 0 Å². The molecule has 1 heterocycles. The highest BCUT2D eigenvalue weighted by molar-refractivity contribution is 5.50. The normalized spacial score (nSPS) is 10.2. The fourth-order valence-corrected chi connectivity index (χ4v) is 1.61. The van der Waals surface area contributed by atoms with Crippen LogP contribution >= 0.6 is 0 Å². The maximum atomic E-state index is 5.92. The van der Waals surface area contributed by atoms with E-state index in [1.165, 1.54) is 16.7 Å². The van der Waals surface area contributed by atoms with E-state index in [4.69, 9.17) is 5.73 Å². The van der Waals surface area contributed by atoms with Crippen molar-refractivity contribution in [3.05, 3.63) is 59.4 Å². The molecule has 0 aliphatic heterocycles. The van der Waals surface area contributed by atoms with Crippen molar-refractivity contribution in [2.45, 2.75) is 13.3 Å². The molecule has 2 heteroatoms. The lowest BCUT2D eigenvalue weighted by molar-refractivity contribution is 1.16. The molecule has 0 aliphatic carbocycles. The van der Waals surface area contributed by atoms with Gasteiger partial charge in [-0.25, -0.2) is 0 Å². The van der Waals surface area contributed by atoms with Gasteiger partial charge in [-0.2, -0.15) is 0 Å². The average Bonchev–Trinajstić information content (AvgIpc) is 2.25. The molecule has 1 aromatic heterocycles. The molecule has 15 heavy (non-hydrogen) atoms. The summed E-state index contributed by atoms with van der Waals surface area (Å²) in [5.74, 6) is 0. The van der Waals surface area contributed by atoms with E-state index < -0.39 is 0 Å². The molecule has 0 saturated heterocycles. The Morgan fingerprint density at radius 2 is 1.87 bits per heavy atom. The number of anilines is 1. The Morgan fingerprint density at radius 1 is 1.13 bits per heavy atom. The molecule has 0 atom stereocenters. The molecule has 2 aromatic rings. The van der Waals surface area contributed by atoms with Gasteiger partial charge in [0.25, 0.3) is 0 Å². The third kappa shape index (κ3) is 2.34. The zero-order valence-electron chi connectivity index (χ0n) is 8.77. The van der Waals surface area contributed by atoms with Crippen LogP contribution in [0.4, 0.5) is 5.69 Å². The van der Waals surface area contributed by atoms with Crippen LogP contribution in [0.5, 0.6) is 0 Å². The molecule has 0 unspecified atom stereocenters. The topological polar surface area (TPSA) is 38.9 Å². The molecule has 0 saturated carbocycles. The molecule has 2 N–H and O–H groups in total. The molecule has 1 aromatic carbocycles. The summed E-state index contributed by atoms with van der Waals surface area (Å²) in [6, 6.07) is 10.2. The molecular weight excluding hydrogens is 184 g/mol. The zero-order chi connectivity index (χ0) is 10.7. The predicted molar refractivity (Wildman–Crippen MR) is 62.6 cm³/mol. The fourth-order valence-electron chi connectivity index (χ4n) is 1.61. The molecule has 0 aliphatic rings. The van der Waals surface area contributed by atoms with Crippen LogP contribution in [0.15, 0.2) is 42.7 Å². The predicted octanol–water partition coefficient (Wildman–Crippen LogP) is 2.56. The standard InChI is InChI=1S/C13H14N2/c1-10-2-3-13(14)12(8-10)9-11-4-6-15-7-5-11/h2-8H,9,14H2,1H3. The largest absolute Gasteiger partial charge is 0.398 e. The minimum absolute atomic E-state index is 0.859. The number of nitrogen functional groups attached to an aromatic ring is 1. The van der Waals surface area contributed by atoms with Crippen LogP contribution in [-0.4, -0.2) is 4.98 Å². The number of nitrogens with zero attached hydrogens (tertiary/aromatic N) is 1. The highest BCUT2D eigenvalue weighted by atomic mass is 14.6. The second-order valence-corrected chi connectivity index (χ2v) is 3.73. The number of rotatable bonds is 2. The third-order valence-electron chi connectivity index (χ3n) is 2.44. The number of nitrogens with two attached hydrogens (primary N) is 1. The van der Waals surface area contributed by atoms with Gasteiger partial charge in [0.1, 0.15) is 0 Å². The van der Waals surface area contributed by atoms with E-state index >= 15 is 0 Å². The van der Waals surface area contributed by atoms with Crippen molar-refractivity contribution in [2.75, 3.05) is 5.73 Å². The summed E-state index contributed by atoms with van der Waals surface area (Å²) >= 11 is 0.